The number of methoxy groups -OCH3 is 1. The summed E-state index contributed by atoms with van der Waals surface area (Å²) in [6.07, 6.45) is -0.349. The number of nitrogens with zero attached hydrogens (tertiary/aromatic N) is 1. The predicted molar refractivity (Wildman–Crippen MR) is 93.0 cm³/mol. The van der Waals surface area contributed by atoms with E-state index in [9.17, 15) is 23.3 Å². The Balaban J connectivity index is 0.00000576. The van der Waals surface area contributed by atoms with Gasteiger partial charge in [-0.3, -0.25) is 14.9 Å². The summed E-state index contributed by atoms with van der Waals surface area (Å²) in [5.74, 6) is -0.336. The highest BCUT2D eigenvalue weighted by Crippen LogP contribution is 2.22. The lowest BCUT2D eigenvalue weighted by Gasteiger charge is -2.13. The van der Waals surface area contributed by atoms with E-state index >= 15 is 0 Å². The molecular formula is C13H21ClN4O6S. The Hall–Kier alpha value is -1.79. The lowest BCUT2D eigenvalue weighted by Crippen LogP contribution is -2.37. The maximum atomic E-state index is 12.1. The second kappa shape index (κ2) is 10.9. The molecule has 1 aromatic rings. The number of halogens is 1. The fourth-order valence-electron chi connectivity index (χ4n) is 1.84. The molecule has 1 rings (SSSR count). The highest BCUT2D eigenvalue weighted by atomic mass is 35.5. The zero-order valence-electron chi connectivity index (χ0n) is 13.5. The molecule has 1 amide bonds. The van der Waals surface area contributed by atoms with Gasteiger partial charge in [0.2, 0.25) is 15.9 Å². The minimum atomic E-state index is -4.05. The average molecular weight is 397 g/mol. The van der Waals surface area contributed by atoms with Crippen LogP contribution in [0, 0.1) is 10.1 Å². The summed E-state index contributed by atoms with van der Waals surface area (Å²) in [7, 11) is -2.62. The van der Waals surface area contributed by atoms with Crippen molar-refractivity contribution in [2.75, 3.05) is 26.7 Å². The molecule has 12 heteroatoms. The van der Waals surface area contributed by atoms with Crippen molar-refractivity contribution in [1.29, 1.82) is 0 Å². The first-order valence-electron chi connectivity index (χ1n) is 7.04. The van der Waals surface area contributed by atoms with Gasteiger partial charge < -0.3 is 15.8 Å². The van der Waals surface area contributed by atoms with E-state index in [-0.39, 0.29) is 44.4 Å². The van der Waals surface area contributed by atoms with E-state index < -0.39 is 31.6 Å². The second-order valence-electron chi connectivity index (χ2n) is 4.77. The summed E-state index contributed by atoms with van der Waals surface area (Å²) in [5.41, 5.74) is 4.88. The number of para-hydroxylation sites is 1. The molecule has 0 fully saturated rings. The summed E-state index contributed by atoms with van der Waals surface area (Å²) in [5, 5.41) is 13.4. The molecule has 1 unspecified atom stereocenters. The van der Waals surface area contributed by atoms with Gasteiger partial charge in [-0.05, 0) is 6.07 Å². The van der Waals surface area contributed by atoms with Crippen LogP contribution in [-0.2, 0) is 19.6 Å². The number of carbonyl (C=O) groups is 1. The van der Waals surface area contributed by atoms with E-state index in [1.54, 1.807) is 0 Å². The minimum Gasteiger partial charge on any atom is -0.380 e. The standard InChI is InChI=1S/C13H20N4O6S.ClH/c1-23-10(9-14)8-13(18)15-6-7-16-24(21,22)12-5-3-2-4-11(12)17(19)20;/h2-5,10,16H,6-9,14H2,1H3,(H,15,18);1H. The van der Waals surface area contributed by atoms with Crippen LogP contribution in [0.3, 0.4) is 0 Å². The molecular weight excluding hydrogens is 376 g/mol. The molecule has 0 saturated heterocycles. The fourth-order valence-corrected chi connectivity index (χ4v) is 3.04. The third kappa shape index (κ3) is 7.32. The van der Waals surface area contributed by atoms with Gasteiger partial charge in [0.15, 0.2) is 4.90 Å². The number of hydrogen-bond acceptors (Lipinski definition) is 7. The first kappa shape index (κ1) is 23.2. The van der Waals surface area contributed by atoms with Crippen molar-refractivity contribution in [3.63, 3.8) is 0 Å². The molecule has 0 spiro atoms. The van der Waals surface area contributed by atoms with Crippen LogP contribution in [0.4, 0.5) is 5.69 Å². The summed E-state index contributed by atoms with van der Waals surface area (Å²) in [4.78, 5) is 21.3. The average Bonchev–Trinajstić information content (AvgIpc) is 2.56. The summed E-state index contributed by atoms with van der Waals surface area (Å²) in [6.45, 7) is 0.105. The van der Waals surface area contributed by atoms with Crippen molar-refractivity contribution in [2.24, 2.45) is 5.73 Å². The molecule has 0 bridgehead atoms. The van der Waals surface area contributed by atoms with Crippen molar-refractivity contribution < 1.29 is 22.9 Å². The highest BCUT2D eigenvalue weighted by Gasteiger charge is 2.24. The third-order valence-corrected chi connectivity index (χ3v) is 4.61. The lowest BCUT2D eigenvalue weighted by atomic mass is 10.2. The van der Waals surface area contributed by atoms with E-state index in [1.165, 1.54) is 19.2 Å². The van der Waals surface area contributed by atoms with E-state index in [1.807, 2.05) is 0 Å². The van der Waals surface area contributed by atoms with Crippen molar-refractivity contribution in [2.45, 2.75) is 17.4 Å². The molecule has 0 aliphatic rings. The molecule has 0 saturated carbocycles. The zero-order chi connectivity index (χ0) is 18.2. The number of ether oxygens (including phenoxy) is 1. The van der Waals surface area contributed by atoms with E-state index in [0.29, 0.717) is 0 Å². The maximum absolute atomic E-state index is 12.1. The van der Waals surface area contributed by atoms with Gasteiger partial charge in [-0.25, -0.2) is 13.1 Å². The monoisotopic (exact) mass is 396 g/mol. The van der Waals surface area contributed by atoms with Gasteiger partial charge in [-0.15, -0.1) is 12.4 Å². The van der Waals surface area contributed by atoms with Crippen molar-refractivity contribution >= 4 is 34.0 Å². The van der Waals surface area contributed by atoms with Crippen LogP contribution >= 0.6 is 12.4 Å². The molecule has 142 valence electrons. The maximum Gasteiger partial charge on any atom is 0.289 e. The largest absolute Gasteiger partial charge is 0.380 e. The Morgan fingerprint density at radius 3 is 2.56 bits per heavy atom. The molecule has 0 heterocycles. The predicted octanol–water partition coefficient (Wildman–Crippen LogP) is -0.225. The number of hydrogen-bond donors (Lipinski definition) is 3. The molecule has 0 radical (unpaired) electrons. The molecule has 10 nitrogen and oxygen atoms in total. The third-order valence-electron chi connectivity index (χ3n) is 3.10. The van der Waals surface area contributed by atoms with E-state index in [4.69, 9.17) is 10.5 Å². The number of carbonyl (C=O) groups excluding carboxylic acids is 1. The van der Waals surface area contributed by atoms with Gasteiger partial charge in [0, 0.05) is 32.8 Å². The smallest absolute Gasteiger partial charge is 0.289 e. The normalized spacial score (nSPS) is 12.1. The Labute approximate surface area is 151 Å². The summed E-state index contributed by atoms with van der Waals surface area (Å²) in [6, 6.07) is 5.01. The molecule has 0 aromatic heterocycles. The first-order chi connectivity index (χ1) is 11.3. The van der Waals surface area contributed by atoms with Crippen molar-refractivity contribution in [3.8, 4) is 0 Å². The van der Waals surface area contributed by atoms with Gasteiger partial charge in [0.05, 0.1) is 17.4 Å². The number of rotatable bonds is 10. The SMILES string of the molecule is COC(CN)CC(=O)NCCNS(=O)(=O)c1ccccc1[N+](=O)[O-].Cl. The number of nitrogens with two attached hydrogens (primary N) is 1. The number of benzene rings is 1. The topological polar surface area (TPSA) is 154 Å². The van der Waals surface area contributed by atoms with Crippen LogP contribution in [0.25, 0.3) is 0 Å². The number of sulfonamides is 1. The number of amides is 1. The van der Waals surface area contributed by atoms with E-state index in [2.05, 4.69) is 10.0 Å². The summed E-state index contributed by atoms with van der Waals surface area (Å²) < 4.78 is 31.4. The van der Waals surface area contributed by atoms with E-state index in [0.717, 1.165) is 12.1 Å². The van der Waals surface area contributed by atoms with Gasteiger partial charge in [-0.1, -0.05) is 12.1 Å². The van der Waals surface area contributed by atoms with Crippen LogP contribution < -0.4 is 15.8 Å². The Bertz CT molecular complexity index is 681. The molecule has 0 aliphatic heterocycles. The zero-order valence-corrected chi connectivity index (χ0v) is 15.1. The molecule has 1 aromatic carbocycles. The highest BCUT2D eigenvalue weighted by molar-refractivity contribution is 7.89. The number of nitro groups is 1. The van der Waals surface area contributed by atoms with Gasteiger partial charge in [-0.2, -0.15) is 0 Å². The van der Waals surface area contributed by atoms with Crippen molar-refractivity contribution in [1.82, 2.24) is 10.0 Å². The second-order valence-corrected chi connectivity index (χ2v) is 6.51. The fraction of sp³-hybridized carbons (Fsp3) is 0.462. The lowest BCUT2D eigenvalue weighted by molar-refractivity contribution is -0.387. The minimum absolute atomic E-state index is 0. The Morgan fingerprint density at radius 1 is 1.36 bits per heavy atom. The van der Waals surface area contributed by atoms with Crippen LogP contribution in [0.5, 0.6) is 0 Å². The van der Waals surface area contributed by atoms with Crippen LogP contribution in [-0.4, -0.2) is 52.1 Å². The molecule has 0 aliphatic carbocycles. The molecule has 1 atom stereocenters. The molecule has 4 N–H and O–H groups in total. The van der Waals surface area contributed by atoms with Crippen LogP contribution in [0.15, 0.2) is 29.2 Å². The number of nitrogens with one attached hydrogen (secondary N) is 2. The van der Waals surface area contributed by atoms with Gasteiger partial charge >= 0.3 is 0 Å². The van der Waals surface area contributed by atoms with Gasteiger partial charge in [0.25, 0.3) is 5.69 Å². The Morgan fingerprint density at radius 2 is 2.00 bits per heavy atom. The van der Waals surface area contributed by atoms with Crippen molar-refractivity contribution in [3.05, 3.63) is 34.4 Å². The quantitative estimate of drug-likeness (QED) is 0.280. The molecule has 25 heavy (non-hydrogen) atoms. The number of nitro benzene ring substituents is 1. The Kier molecular flexibility index (Phi) is 10.2. The summed E-state index contributed by atoms with van der Waals surface area (Å²) >= 11 is 0. The van der Waals surface area contributed by atoms with Crippen LogP contribution in [0.2, 0.25) is 0 Å². The van der Waals surface area contributed by atoms with Crippen LogP contribution in [0.1, 0.15) is 6.42 Å². The first-order valence-corrected chi connectivity index (χ1v) is 8.52. The van der Waals surface area contributed by atoms with Gasteiger partial charge in [0.1, 0.15) is 0 Å².